The van der Waals surface area contributed by atoms with Gasteiger partial charge in [0, 0.05) is 22.2 Å². The van der Waals surface area contributed by atoms with Crippen molar-refractivity contribution in [2.45, 2.75) is 19.3 Å². The highest BCUT2D eigenvalue weighted by atomic mass is 15.1. The standard InChI is InChI=1S/C47H35N/c1-47(2)43-29-25-34-13-7-9-20-41(34)46(43)42-28-24-37(31-44(42)47)36-16-10-15-35(30-36)32-22-26-39(27-23-32)48(38-17-4-3-5-18-38)45-21-11-14-33-12-6-8-19-40(33)45/h3-31H,1-2H3. The molecule has 0 radical (unpaired) electrons. The monoisotopic (exact) mass is 613 g/mol. The first-order valence-electron chi connectivity index (χ1n) is 16.8. The maximum absolute atomic E-state index is 2.42. The molecule has 0 aliphatic heterocycles. The van der Waals surface area contributed by atoms with Crippen LogP contribution in [0.1, 0.15) is 25.0 Å². The molecule has 0 amide bonds. The van der Waals surface area contributed by atoms with Crippen molar-refractivity contribution in [3.05, 3.63) is 187 Å². The molecule has 0 heterocycles. The summed E-state index contributed by atoms with van der Waals surface area (Å²) in [6.45, 7) is 4.73. The lowest BCUT2D eigenvalue weighted by Crippen LogP contribution is -2.15. The fraction of sp³-hybridized carbons (Fsp3) is 0.0638. The van der Waals surface area contributed by atoms with Gasteiger partial charge in [0.25, 0.3) is 0 Å². The van der Waals surface area contributed by atoms with Crippen LogP contribution in [-0.2, 0) is 5.41 Å². The minimum Gasteiger partial charge on any atom is -0.310 e. The van der Waals surface area contributed by atoms with Crippen LogP contribution in [0.15, 0.2) is 176 Å². The summed E-state index contributed by atoms with van der Waals surface area (Å²) in [6, 6.07) is 64.2. The molecule has 1 nitrogen and oxygen atoms in total. The fourth-order valence-corrected chi connectivity index (χ4v) is 7.78. The maximum atomic E-state index is 2.42. The van der Waals surface area contributed by atoms with E-state index in [-0.39, 0.29) is 5.41 Å². The van der Waals surface area contributed by atoms with Crippen LogP contribution in [0.4, 0.5) is 17.1 Å². The van der Waals surface area contributed by atoms with Crippen molar-refractivity contribution in [1.29, 1.82) is 0 Å². The van der Waals surface area contributed by atoms with E-state index in [1.54, 1.807) is 0 Å². The van der Waals surface area contributed by atoms with Gasteiger partial charge in [0.2, 0.25) is 0 Å². The number of benzene rings is 8. The summed E-state index contributed by atoms with van der Waals surface area (Å²) in [5.41, 5.74) is 13.8. The number of hydrogen-bond donors (Lipinski definition) is 0. The van der Waals surface area contributed by atoms with Crippen LogP contribution in [0.3, 0.4) is 0 Å². The van der Waals surface area contributed by atoms with E-state index in [2.05, 4.69) is 195 Å². The topological polar surface area (TPSA) is 3.24 Å². The Morgan fingerprint density at radius 1 is 0.396 bits per heavy atom. The molecule has 0 N–H and O–H groups in total. The van der Waals surface area contributed by atoms with E-state index in [0.717, 1.165) is 11.4 Å². The van der Waals surface area contributed by atoms with Crippen molar-refractivity contribution in [2.24, 2.45) is 0 Å². The van der Waals surface area contributed by atoms with Crippen molar-refractivity contribution < 1.29 is 0 Å². The van der Waals surface area contributed by atoms with Crippen molar-refractivity contribution >= 4 is 38.6 Å². The number of fused-ring (bicyclic) bond motifs is 6. The van der Waals surface area contributed by atoms with Crippen LogP contribution in [0.2, 0.25) is 0 Å². The average molecular weight is 614 g/mol. The predicted octanol–water partition coefficient (Wildman–Crippen LogP) is 13.1. The molecule has 48 heavy (non-hydrogen) atoms. The number of rotatable bonds is 5. The van der Waals surface area contributed by atoms with Crippen molar-refractivity contribution in [1.82, 2.24) is 0 Å². The summed E-state index contributed by atoms with van der Waals surface area (Å²) in [7, 11) is 0. The molecule has 1 heteroatoms. The Kier molecular flexibility index (Phi) is 6.55. The minimum absolute atomic E-state index is 0.0626. The van der Waals surface area contributed by atoms with Crippen LogP contribution in [-0.4, -0.2) is 0 Å². The number of hydrogen-bond acceptors (Lipinski definition) is 1. The Morgan fingerprint density at radius 2 is 0.979 bits per heavy atom. The van der Waals surface area contributed by atoms with Crippen LogP contribution < -0.4 is 4.90 Å². The van der Waals surface area contributed by atoms with Gasteiger partial charge in [-0.15, -0.1) is 0 Å². The van der Waals surface area contributed by atoms with Gasteiger partial charge >= 0.3 is 0 Å². The molecule has 0 unspecified atom stereocenters. The Balaban J connectivity index is 1.08. The van der Waals surface area contributed by atoms with Crippen LogP contribution in [0.25, 0.3) is 54.9 Å². The maximum Gasteiger partial charge on any atom is 0.0540 e. The average Bonchev–Trinajstić information content (AvgIpc) is 3.38. The third-order valence-electron chi connectivity index (χ3n) is 10.2. The molecule has 8 aromatic carbocycles. The molecule has 0 aromatic heterocycles. The highest BCUT2D eigenvalue weighted by Crippen LogP contribution is 2.52. The lowest BCUT2D eigenvalue weighted by molar-refractivity contribution is 0.661. The van der Waals surface area contributed by atoms with Gasteiger partial charge in [-0.2, -0.15) is 0 Å². The molecular formula is C47H35N. The highest BCUT2D eigenvalue weighted by Gasteiger charge is 2.36. The first-order chi connectivity index (χ1) is 23.6. The SMILES string of the molecule is CC1(C)c2cc(-c3cccc(-c4ccc(N(c5ccccc5)c5cccc6ccccc56)cc4)c3)ccc2-c2c1ccc1ccccc21. The van der Waals surface area contributed by atoms with Crippen molar-refractivity contribution in [2.75, 3.05) is 4.90 Å². The van der Waals surface area contributed by atoms with E-state index in [9.17, 15) is 0 Å². The second kappa shape index (κ2) is 11.1. The molecule has 8 aromatic rings. The Hall–Kier alpha value is -5.92. The van der Waals surface area contributed by atoms with E-state index in [1.165, 1.54) is 71.7 Å². The predicted molar refractivity (Wildman–Crippen MR) is 205 cm³/mol. The summed E-state index contributed by atoms with van der Waals surface area (Å²) in [4.78, 5) is 2.36. The zero-order valence-electron chi connectivity index (χ0n) is 27.2. The van der Waals surface area contributed by atoms with E-state index in [1.807, 2.05) is 0 Å². The summed E-state index contributed by atoms with van der Waals surface area (Å²) in [5, 5.41) is 5.10. The van der Waals surface area contributed by atoms with Gasteiger partial charge in [-0.3, -0.25) is 0 Å². The summed E-state index contributed by atoms with van der Waals surface area (Å²) >= 11 is 0. The largest absolute Gasteiger partial charge is 0.310 e. The second-order valence-electron chi connectivity index (χ2n) is 13.4. The van der Waals surface area contributed by atoms with E-state index in [0.29, 0.717) is 0 Å². The first kappa shape index (κ1) is 28.3. The van der Waals surface area contributed by atoms with Gasteiger partial charge in [-0.25, -0.2) is 0 Å². The van der Waals surface area contributed by atoms with Crippen molar-refractivity contribution in [3.8, 4) is 33.4 Å². The molecule has 1 aliphatic rings. The molecule has 0 saturated heterocycles. The van der Waals surface area contributed by atoms with Gasteiger partial charge in [-0.1, -0.05) is 147 Å². The quantitative estimate of drug-likeness (QED) is 0.187. The summed E-state index contributed by atoms with van der Waals surface area (Å²) in [6.07, 6.45) is 0. The van der Waals surface area contributed by atoms with Gasteiger partial charge in [-0.05, 0) is 103 Å². The molecule has 0 bridgehead atoms. The summed E-state index contributed by atoms with van der Waals surface area (Å²) < 4.78 is 0. The van der Waals surface area contributed by atoms with Gasteiger partial charge in [0.05, 0.1) is 5.69 Å². The third-order valence-corrected chi connectivity index (χ3v) is 10.2. The van der Waals surface area contributed by atoms with E-state index < -0.39 is 0 Å². The molecule has 1 aliphatic carbocycles. The Bertz CT molecular complexity index is 2460. The number of para-hydroxylation sites is 1. The van der Waals surface area contributed by atoms with Gasteiger partial charge in [0.1, 0.15) is 0 Å². The molecule has 9 rings (SSSR count). The van der Waals surface area contributed by atoms with Gasteiger partial charge < -0.3 is 4.90 Å². The van der Waals surface area contributed by atoms with Crippen molar-refractivity contribution in [3.63, 3.8) is 0 Å². The first-order valence-corrected chi connectivity index (χ1v) is 16.8. The smallest absolute Gasteiger partial charge is 0.0540 e. The normalized spacial score (nSPS) is 13.0. The molecule has 0 saturated carbocycles. The molecular weight excluding hydrogens is 579 g/mol. The van der Waals surface area contributed by atoms with Crippen LogP contribution in [0.5, 0.6) is 0 Å². The summed E-state index contributed by atoms with van der Waals surface area (Å²) in [5.74, 6) is 0. The number of anilines is 3. The van der Waals surface area contributed by atoms with E-state index >= 15 is 0 Å². The van der Waals surface area contributed by atoms with Crippen LogP contribution >= 0.6 is 0 Å². The molecule has 0 fully saturated rings. The second-order valence-corrected chi connectivity index (χ2v) is 13.4. The zero-order chi connectivity index (χ0) is 32.2. The number of nitrogens with zero attached hydrogens (tertiary/aromatic N) is 1. The molecule has 228 valence electrons. The highest BCUT2D eigenvalue weighted by molar-refractivity contribution is 6.03. The minimum atomic E-state index is -0.0626. The van der Waals surface area contributed by atoms with E-state index in [4.69, 9.17) is 0 Å². The third kappa shape index (κ3) is 4.54. The lowest BCUT2D eigenvalue weighted by Gasteiger charge is -2.27. The fourth-order valence-electron chi connectivity index (χ4n) is 7.78. The Labute approximate surface area is 282 Å². The molecule has 0 atom stereocenters. The zero-order valence-corrected chi connectivity index (χ0v) is 27.2. The van der Waals surface area contributed by atoms with Gasteiger partial charge in [0.15, 0.2) is 0 Å². The Morgan fingerprint density at radius 3 is 1.77 bits per heavy atom. The lowest BCUT2D eigenvalue weighted by atomic mass is 9.81. The molecule has 0 spiro atoms. The van der Waals surface area contributed by atoms with Crippen LogP contribution in [0, 0.1) is 0 Å².